The van der Waals surface area contributed by atoms with Gasteiger partial charge in [0.1, 0.15) is 17.2 Å². The van der Waals surface area contributed by atoms with Gasteiger partial charge in [-0.15, -0.1) is 0 Å². The summed E-state index contributed by atoms with van der Waals surface area (Å²) in [4.78, 5) is 38.6. The van der Waals surface area contributed by atoms with E-state index in [2.05, 4.69) is 5.32 Å². The van der Waals surface area contributed by atoms with E-state index in [1.165, 1.54) is 18.8 Å². The van der Waals surface area contributed by atoms with Crippen LogP contribution in [-0.2, 0) is 6.54 Å². The van der Waals surface area contributed by atoms with Crippen molar-refractivity contribution in [3.8, 4) is 17.2 Å². The highest BCUT2D eigenvalue weighted by atomic mass is 16.5. The first-order valence-corrected chi connectivity index (χ1v) is 10.4. The van der Waals surface area contributed by atoms with Gasteiger partial charge in [-0.25, -0.2) is 4.79 Å². The molecule has 1 heterocycles. The Morgan fingerprint density at radius 1 is 0.912 bits per heavy atom. The number of carbonyl (C=O) groups excluding carboxylic acids is 1. The first kappa shape index (κ1) is 22.6. The molecule has 1 aromatic heterocycles. The van der Waals surface area contributed by atoms with E-state index in [4.69, 9.17) is 9.47 Å². The molecule has 0 fully saturated rings. The van der Waals surface area contributed by atoms with Crippen molar-refractivity contribution in [2.75, 3.05) is 14.2 Å². The molecule has 1 amide bonds. The van der Waals surface area contributed by atoms with Crippen LogP contribution >= 0.6 is 0 Å². The predicted octanol–water partition coefficient (Wildman–Crippen LogP) is 3.64. The van der Waals surface area contributed by atoms with Gasteiger partial charge in [-0.3, -0.25) is 9.59 Å². The number of carboxylic acids is 1. The molecular formula is C26H22N2O6. The van der Waals surface area contributed by atoms with Crippen LogP contribution in [0.2, 0.25) is 0 Å². The zero-order chi connectivity index (χ0) is 24.2. The number of para-hydroxylation sites is 1. The van der Waals surface area contributed by atoms with Crippen molar-refractivity contribution in [1.82, 2.24) is 9.88 Å². The molecule has 2 N–H and O–H groups in total. The Hall–Kier alpha value is -4.59. The van der Waals surface area contributed by atoms with Gasteiger partial charge < -0.3 is 24.5 Å². The monoisotopic (exact) mass is 458 g/mol. The average molecular weight is 458 g/mol. The number of amides is 1. The van der Waals surface area contributed by atoms with E-state index in [1.54, 1.807) is 66.7 Å². The molecule has 4 rings (SSSR count). The predicted molar refractivity (Wildman–Crippen MR) is 127 cm³/mol. The average Bonchev–Trinajstić information content (AvgIpc) is 2.87. The minimum atomic E-state index is -1.30. The van der Waals surface area contributed by atoms with Crippen LogP contribution in [0.15, 0.2) is 77.6 Å². The number of hydrogen-bond donors (Lipinski definition) is 2. The largest absolute Gasteiger partial charge is 0.497 e. The third-order valence-corrected chi connectivity index (χ3v) is 5.45. The highest BCUT2D eigenvalue weighted by Gasteiger charge is 2.24. The Morgan fingerprint density at radius 2 is 1.62 bits per heavy atom. The van der Waals surface area contributed by atoms with Gasteiger partial charge in [0.05, 0.1) is 25.3 Å². The number of nitrogens with one attached hydrogen (secondary N) is 1. The van der Waals surface area contributed by atoms with Crippen LogP contribution in [0.5, 0.6) is 11.5 Å². The molecule has 0 saturated heterocycles. The van der Waals surface area contributed by atoms with Crippen molar-refractivity contribution in [2.45, 2.75) is 6.54 Å². The number of carbonyl (C=O) groups is 2. The van der Waals surface area contributed by atoms with E-state index in [1.807, 2.05) is 6.07 Å². The van der Waals surface area contributed by atoms with Crippen molar-refractivity contribution >= 4 is 22.8 Å². The van der Waals surface area contributed by atoms with Gasteiger partial charge in [0.25, 0.3) is 5.91 Å². The Balaban J connectivity index is 1.88. The lowest BCUT2D eigenvalue weighted by atomic mass is 10.1. The van der Waals surface area contributed by atoms with E-state index in [9.17, 15) is 19.5 Å². The maximum atomic E-state index is 13.4. The number of nitrogens with zero attached hydrogens (tertiary/aromatic N) is 1. The number of carboxylic acid groups (broad SMARTS) is 1. The number of benzene rings is 3. The fraction of sp³-hybridized carbons (Fsp3) is 0.115. The van der Waals surface area contributed by atoms with Crippen LogP contribution in [0.3, 0.4) is 0 Å². The molecule has 8 nitrogen and oxygen atoms in total. The molecule has 3 aromatic carbocycles. The molecule has 0 atom stereocenters. The second-order valence-electron chi connectivity index (χ2n) is 7.43. The van der Waals surface area contributed by atoms with Gasteiger partial charge in [-0.1, -0.05) is 24.3 Å². The zero-order valence-electron chi connectivity index (χ0n) is 18.6. The van der Waals surface area contributed by atoms with E-state index in [0.29, 0.717) is 33.7 Å². The minimum Gasteiger partial charge on any atom is -0.497 e. The molecule has 0 aliphatic rings. The molecule has 0 aliphatic heterocycles. The quantitative estimate of drug-likeness (QED) is 0.438. The lowest BCUT2D eigenvalue weighted by molar-refractivity contribution is 0.0685. The summed E-state index contributed by atoms with van der Waals surface area (Å²) in [7, 11) is 2.99. The van der Waals surface area contributed by atoms with E-state index in [-0.39, 0.29) is 17.8 Å². The Bertz CT molecular complexity index is 1440. The highest BCUT2D eigenvalue weighted by Crippen LogP contribution is 2.26. The molecule has 0 bridgehead atoms. The van der Waals surface area contributed by atoms with Crippen LogP contribution in [0.4, 0.5) is 0 Å². The van der Waals surface area contributed by atoms with Crippen LogP contribution in [0, 0.1) is 0 Å². The molecule has 0 spiro atoms. The van der Waals surface area contributed by atoms with Gasteiger partial charge >= 0.3 is 5.97 Å². The van der Waals surface area contributed by atoms with Gasteiger partial charge in [-0.2, -0.15) is 0 Å². The molecule has 0 aliphatic carbocycles. The number of fused-ring (bicyclic) bond motifs is 1. The van der Waals surface area contributed by atoms with Gasteiger partial charge in [0.2, 0.25) is 0 Å². The molecule has 172 valence electrons. The van der Waals surface area contributed by atoms with Crippen LogP contribution in [-0.4, -0.2) is 35.8 Å². The maximum Gasteiger partial charge on any atom is 0.353 e. The highest BCUT2D eigenvalue weighted by molar-refractivity contribution is 5.96. The van der Waals surface area contributed by atoms with Gasteiger partial charge in [0, 0.05) is 29.2 Å². The number of methoxy groups -OCH3 is 2. The van der Waals surface area contributed by atoms with Crippen LogP contribution < -0.4 is 20.2 Å². The number of ether oxygens (including phenoxy) is 2. The van der Waals surface area contributed by atoms with Crippen molar-refractivity contribution in [2.24, 2.45) is 0 Å². The Morgan fingerprint density at radius 3 is 2.29 bits per heavy atom. The standard InChI is InChI=1S/C26H22N2O6/c1-33-18-10-6-7-16(13-18)25(30)27-15-21-23(26(31)32)28(17-8-4-3-5-9-17)22-14-19(34-2)11-12-20(22)24(21)29/h3-14H,15H2,1-2H3,(H,27,30)(H,31,32). The molecule has 34 heavy (non-hydrogen) atoms. The molecule has 0 saturated carbocycles. The topological polar surface area (TPSA) is 107 Å². The summed E-state index contributed by atoms with van der Waals surface area (Å²) in [6.45, 7) is -0.273. The van der Waals surface area contributed by atoms with Gasteiger partial charge in [0.15, 0.2) is 5.43 Å². The van der Waals surface area contributed by atoms with Crippen LogP contribution in [0.1, 0.15) is 26.4 Å². The smallest absolute Gasteiger partial charge is 0.353 e. The fourth-order valence-electron chi connectivity index (χ4n) is 3.81. The third-order valence-electron chi connectivity index (χ3n) is 5.45. The molecule has 0 radical (unpaired) electrons. The molecule has 0 unspecified atom stereocenters. The van der Waals surface area contributed by atoms with E-state index >= 15 is 0 Å². The van der Waals surface area contributed by atoms with Crippen molar-refractivity contribution in [3.63, 3.8) is 0 Å². The number of rotatable bonds is 7. The number of aromatic nitrogens is 1. The third kappa shape index (κ3) is 4.21. The normalized spacial score (nSPS) is 10.6. The summed E-state index contributed by atoms with van der Waals surface area (Å²) >= 11 is 0. The second-order valence-corrected chi connectivity index (χ2v) is 7.43. The summed E-state index contributed by atoms with van der Waals surface area (Å²) < 4.78 is 11.9. The lowest BCUT2D eigenvalue weighted by Gasteiger charge is -2.19. The molecular weight excluding hydrogens is 436 g/mol. The Kier molecular flexibility index (Phi) is 6.31. The van der Waals surface area contributed by atoms with Crippen molar-refractivity contribution in [3.05, 3.63) is 99.8 Å². The summed E-state index contributed by atoms with van der Waals surface area (Å²) in [5, 5.41) is 13.1. The van der Waals surface area contributed by atoms with Crippen molar-refractivity contribution < 1.29 is 24.2 Å². The first-order chi connectivity index (χ1) is 16.4. The number of pyridine rings is 1. The van der Waals surface area contributed by atoms with E-state index in [0.717, 1.165) is 0 Å². The summed E-state index contributed by atoms with van der Waals surface area (Å²) in [6, 6.07) is 20.2. The maximum absolute atomic E-state index is 13.4. The van der Waals surface area contributed by atoms with E-state index < -0.39 is 17.3 Å². The number of aromatic carboxylic acids is 1. The fourth-order valence-corrected chi connectivity index (χ4v) is 3.81. The minimum absolute atomic E-state index is 0.0368. The summed E-state index contributed by atoms with van der Waals surface area (Å²) in [6.07, 6.45) is 0. The Labute approximate surface area is 195 Å². The first-order valence-electron chi connectivity index (χ1n) is 10.4. The SMILES string of the molecule is COc1cccc(C(=O)NCc2c(C(=O)O)n(-c3ccccc3)c3cc(OC)ccc3c2=O)c1. The number of hydrogen-bond acceptors (Lipinski definition) is 5. The molecule has 4 aromatic rings. The van der Waals surface area contributed by atoms with Crippen molar-refractivity contribution in [1.29, 1.82) is 0 Å². The lowest BCUT2D eigenvalue weighted by Crippen LogP contribution is -2.30. The van der Waals surface area contributed by atoms with Crippen LogP contribution in [0.25, 0.3) is 16.6 Å². The zero-order valence-corrected chi connectivity index (χ0v) is 18.6. The summed E-state index contributed by atoms with van der Waals surface area (Å²) in [5.74, 6) is -0.774. The summed E-state index contributed by atoms with van der Waals surface area (Å²) in [5.41, 5.74) is 0.515. The van der Waals surface area contributed by atoms with Gasteiger partial charge in [-0.05, 0) is 42.5 Å². The second kappa shape index (κ2) is 9.50. The molecule has 8 heteroatoms.